The van der Waals surface area contributed by atoms with Crippen molar-refractivity contribution in [3.8, 4) is 0 Å². The summed E-state index contributed by atoms with van der Waals surface area (Å²) in [5.74, 6) is 0. The Kier molecular flexibility index (Phi) is 4.32. The number of nitrogens with zero attached hydrogens (tertiary/aromatic N) is 2. The SMILES string of the molecule is CCC1CCCN1S(=O)(=O)c1cc(CN)n(CC)c1. The minimum atomic E-state index is -3.36. The van der Waals surface area contributed by atoms with Gasteiger partial charge in [-0.25, -0.2) is 8.42 Å². The number of rotatable bonds is 5. The largest absolute Gasteiger partial charge is 0.349 e. The van der Waals surface area contributed by atoms with E-state index in [1.54, 1.807) is 16.6 Å². The molecular weight excluding hydrogens is 262 g/mol. The smallest absolute Gasteiger partial charge is 0.244 e. The molecule has 0 aromatic carbocycles. The van der Waals surface area contributed by atoms with E-state index < -0.39 is 10.0 Å². The first-order valence-electron chi connectivity index (χ1n) is 6.95. The van der Waals surface area contributed by atoms with Crippen molar-refractivity contribution in [2.45, 2.75) is 57.1 Å². The summed E-state index contributed by atoms with van der Waals surface area (Å²) in [5, 5.41) is 0. The molecule has 1 aromatic heterocycles. The molecule has 0 aliphatic carbocycles. The summed E-state index contributed by atoms with van der Waals surface area (Å²) in [6.07, 6.45) is 4.50. The Morgan fingerprint density at radius 3 is 2.68 bits per heavy atom. The van der Waals surface area contributed by atoms with Crippen LogP contribution in [0.15, 0.2) is 17.2 Å². The maximum atomic E-state index is 12.7. The van der Waals surface area contributed by atoms with E-state index in [0.717, 1.165) is 31.5 Å². The highest BCUT2D eigenvalue weighted by Gasteiger charge is 2.34. The van der Waals surface area contributed by atoms with Gasteiger partial charge >= 0.3 is 0 Å². The van der Waals surface area contributed by atoms with Crippen molar-refractivity contribution in [2.75, 3.05) is 6.54 Å². The summed E-state index contributed by atoms with van der Waals surface area (Å²) in [4.78, 5) is 0.384. The predicted molar refractivity (Wildman–Crippen MR) is 75.2 cm³/mol. The molecule has 108 valence electrons. The van der Waals surface area contributed by atoms with E-state index in [0.29, 0.717) is 18.0 Å². The normalized spacial score (nSPS) is 21.1. The van der Waals surface area contributed by atoms with Gasteiger partial charge < -0.3 is 10.3 Å². The summed E-state index contributed by atoms with van der Waals surface area (Å²) in [6, 6.07) is 1.86. The molecule has 1 atom stereocenters. The Hall–Kier alpha value is -0.850. The molecule has 1 saturated heterocycles. The van der Waals surface area contributed by atoms with Gasteiger partial charge in [-0.3, -0.25) is 0 Å². The van der Waals surface area contributed by atoms with Gasteiger partial charge in [-0.1, -0.05) is 6.92 Å². The highest BCUT2D eigenvalue weighted by atomic mass is 32.2. The molecule has 0 spiro atoms. The molecule has 2 heterocycles. The highest BCUT2D eigenvalue weighted by molar-refractivity contribution is 7.89. The number of hydrogen-bond donors (Lipinski definition) is 1. The van der Waals surface area contributed by atoms with E-state index in [1.165, 1.54) is 0 Å². The van der Waals surface area contributed by atoms with Crippen LogP contribution in [0.25, 0.3) is 0 Å². The van der Waals surface area contributed by atoms with Gasteiger partial charge in [0.1, 0.15) is 4.90 Å². The lowest BCUT2D eigenvalue weighted by Crippen LogP contribution is -2.34. The summed E-state index contributed by atoms with van der Waals surface area (Å²) >= 11 is 0. The number of nitrogens with two attached hydrogens (primary N) is 1. The van der Waals surface area contributed by atoms with E-state index in [4.69, 9.17) is 5.73 Å². The lowest BCUT2D eigenvalue weighted by Gasteiger charge is -2.22. The standard InChI is InChI=1S/C13H23N3O2S/c1-3-11-6-5-7-16(11)19(17,18)13-8-12(9-14)15(4-2)10-13/h8,10-11H,3-7,9,14H2,1-2H3. The monoisotopic (exact) mass is 285 g/mol. The van der Waals surface area contributed by atoms with E-state index >= 15 is 0 Å². The average molecular weight is 285 g/mol. The Morgan fingerprint density at radius 2 is 2.16 bits per heavy atom. The number of aryl methyl sites for hydroxylation is 1. The molecule has 1 unspecified atom stereocenters. The van der Waals surface area contributed by atoms with E-state index in [9.17, 15) is 8.42 Å². The minimum Gasteiger partial charge on any atom is -0.349 e. The lowest BCUT2D eigenvalue weighted by molar-refractivity contribution is 0.379. The second kappa shape index (κ2) is 5.64. The van der Waals surface area contributed by atoms with Crippen LogP contribution in [-0.2, 0) is 23.1 Å². The number of aromatic nitrogens is 1. The predicted octanol–water partition coefficient (Wildman–Crippen LogP) is 1.53. The fraction of sp³-hybridized carbons (Fsp3) is 0.692. The number of sulfonamides is 1. The van der Waals surface area contributed by atoms with Crippen LogP contribution in [0.2, 0.25) is 0 Å². The Bertz CT molecular complexity index is 515. The van der Waals surface area contributed by atoms with Crippen molar-refractivity contribution in [1.82, 2.24) is 8.87 Å². The van der Waals surface area contributed by atoms with Crippen molar-refractivity contribution in [3.63, 3.8) is 0 Å². The van der Waals surface area contributed by atoms with Gasteiger partial charge in [0.15, 0.2) is 0 Å². The number of hydrogen-bond acceptors (Lipinski definition) is 3. The zero-order chi connectivity index (χ0) is 14.0. The van der Waals surface area contributed by atoms with Gasteiger partial charge in [-0.05, 0) is 32.3 Å². The lowest BCUT2D eigenvalue weighted by atomic mass is 10.2. The Labute approximate surface area is 115 Å². The van der Waals surface area contributed by atoms with Gasteiger partial charge in [0, 0.05) is 37.6 Å². The van der Waals surface area contributed by atoms with E-state index in [2.05, 4.69) is 0 Å². The molecule has 1 aromatic rings. The summed E-state index contributed by atoms with van der Waals surface area (Å²) in [5.41, 5.74) is 6.53. The molecule has 0 amide bonds. The van der Waals surface area contributed by atoms with Gasteiger partial charge in [-0.15, -0.1) is 0 Å². The molecule has 0 saturated carbocycles. The molecule has 1 fully saturated rings. The maximum Gasteiger partial charge on any atom is 0.244 e. The van der Waals surface area contributed by atoms with Crippen LogP contribution in [0.1, 0.15) is 38.8 Å². The first kappa shape index (κ1) is 14.6. The summed E-state index contributed by atoms with van der Waals surface area (Å²) < 4.78 is 28.9. The molecule has 2 rings (SSSR count). The first-order chi connectivity index (χ1) is 9.04. The Morgan fingerprint density at radius 1 is 1.42 bits per heavy atom. The quantitative estimate of drug-likeness (QED) is 0.892. The minimum absolute atomic E-state index is 0.149. The molecule has 0 radical (unpaired) electrons. The molecule has 6 heteroatoms. The highest BCUT2D eigenvalue weighted by Crippen LogP contribution is 2.28. The molecule has 2 N–H and O–H groups in total. The van der Waals surface area contributed by atoms with Crippen LogP contribution in [-0.4, -0.2) is 29.9 Å². The van der Waals surface area contributed by atoms with Crippen LogP contribution >= 0.6 is 0 Å². The van der Waals surface area contributed by atoms with Gasteiger partial charge in [0.05, 0.1) is 0 Å². The van der Waals surface area contributed by atoms with E-state index in [-0.39, 0.29) is 6.04 Å². The first-order valence-corrected chi connectivity index (χ1v) is 8.39. The summed E-state index contributed by atoms with van der Waals surface area (Å²) in [6.45, 7) is 5.76. The molecule has 1 aliphatic heterocycles. The fourth-order valence-electron chi connectivity index (χ4n) is 2.80. The summed E-state index contributed by atoms with van der Waals surface area (Å²) in [7, 11) is -3.36. The average Bonchev–Trinajstić information content (AvgIpc) is 3.04. The molecule has 1 aliphatic rings. The van der Waals surface area contributed by atoms with E-state index in [1.807, 2.05) is 18.4 Å². The molecule has 0 bridgehead atoms. The third kappa shape index (κ3) is 2.57. The van der Waals surface area contributed by atoms with Crippen molar-refractivity contribution in [1.29, 1.82) is 0 Å². The van der Waals surface area contributed by atoms with Crippen LogP contribution in [0.3, 0.4) is 0 Å². The second-order valence-electron chi connectivity index (χ2n) is 4.98. The van der Waals surface area contributed by atoms with Crippen LogP contribution in [0.4, 0.5) is 0 Å². The molecule has 19 heavy (non-hydrogen) atoms. The molecular formula is C13H23N3O2S. The zero-order valence-electron chi connectivity index (χ0n) is 11.7. The topological polar surface area (TPSA) is 68.3 Å². The van der Waals surface area contributed by atoms with Crippen LogP contribution in [0.5, 0.6) is 0 Å². The van der Waals surface area contributed by atoms with Gasteiger partial charge in [-0.2, -0.15) is 4.31 Å². The molecule has 5 nitrogen and oxygen atoms in total. The van der Waals surface area contributed by atoms with Crippen molar-refractivity contribution >= 4 is 10.0 Å². The van der Waals surface area contributed by atoms with Crippen molar-refractivity contribution < 1.29 is 8.42 Å². The zero-order valence-corrected chi connectivity index (χ0v) is 12.5. The third-order valence-electron chi connectivity index (χ3n) is 3.91. The second-order valence-corrected chi connectivity index (χ2v) is 6.87. The Balaban J connectivity index is 2.36. The van der Waals surface area contributed by atoms with Crippen molar-refractivity contribution in [2.24, 2.45) is 5.73 Å². The maximum absolute atomic E-state index is 12.7. The fourth-order valence-corrected chi connectivity index (χ4v) is 4.63. The van der Waals surface area contributed by atoms with Crippen LogP contribution in [0, 0.1) is 0 Å². The van der Waals surface area contributed by atoms with Gasteiger partial charge in [0.2, 0.25) is 10.0 Å². The van der Waals surface area contributed by atoms with Crippen molar-refractivity contribution in [3.05, 3.63) is 18.0 Å². The third-order valence-corrected chi connectivity index (χ3v) is 5.83. The van der Waals surface area contributed by atoms with Crippen LogP contribution < -0.4 is 5.73 Å². The van der Waals surface area contributed by atoms with Gasteiger partial charge in [0.25, 0.3) is 0 Å².